The van der Waals surface area contributed by atoms with Crippen molar-refractivity contribution in [3.8, 4) is 5.75 Å². The predicted molar refractivity (Wildman–Crippen MR) is 51.1 cm³/mol. The lowest BCUT2D eigenvalue weighted by molar-refractivity contribution is 0.475. The molecule has 2 heteroatoms. The van der Waals surface area contributed by atoms with Gasteiger partial charge in [-0.05, 0) is 24.7 Å². The molecule has 0 amide bonds. The Bertz CT molecular complexity index is 268. The molecule has 0 aliphatic rings. The highest BCUT2D eigenvalue weighted by atomic mass is 16.3. The largest absolute Gasteiger partial charge is 0.508 e. The SMILES string of the molecule is CNCC=Cc1cccc(O)c1. The monoisotopic (exact) mass is 163 g/mol. The van der Waals surface area contributed by atoms with Crippen LogP contribution >= 0.6 is 0 Å². The van der Waals surface area contributed by atoms with E-state index in [1.54, 1.807) is 12.1 Å². The number of rotatable bonds is 3. The number of aromatic hydroxyl groups is 1. The Morgan fingerprint density at radius 2 is 2.33 bits per heavy atom. The smallest absolute Gasteiger partial charge is 0.116 e. The molecule has 1 rings (SSSR count). The molecule has 0 saturated heterocycles. The summed E-state index contributed by atoms with van der Waals surface area (Å²) in [4.78, 5) is 0. The third kappa shape index (κ3) is 2.76. The van der Waals surface area contributed by atoms with E-state index in [4.69, 9.17) is 5.11 Å². The molecule has 0 spiro atoms. The number of phenols is 1. The summed E-state index contributed by atoms with van der Waals surface area (Å²) in [5.41, 5.74) is 1.02. The first kappa shape index (κ1) is 8.81. The second-order valence-electron chi connectivity index (χ2n) is 2.56. The van der Waals surface area contributed by atoms with Crippen molar-refractivity contribution in [2.75, 3.05) is 13.6 Å². The van der Waals surface area contributed by atoms with Gasteiger partial charge in [0.2, 0.25) is 0 Å². The summed E-state index contributed by atoms with van der Waals surface area (Å²) in [7, 11) is 1.90. The Balaban J connectivity index is 2.63. The molecule has 0 unspecified atom stereocenters. The van der Waals surface area contributed by atoms with Crippen molar-refractivity contribution in [1.82, 2.24) is 5.32 Å². The third-order valence-corrected chi connectivity index (χ3v) is 1.50. The lowest BCUT2D eigenvalue weighted by Crippen LogP contribution is -2.03. The lowest BCUT2D eigenvalue weighted by atomic mass is 10.2. The van der Waals surface area contributed by atoms with E-state index >= 15 is 0 Å². The summed E-state index contributed by atoms with van der Waals surface area (Å²) in [6.07, 6.45) is 3.98. The first-order valence-corrected chi connectivity index (χ1v) is 3.93. The Morgan fingerprint density at radius 1 is 1.50 bits per heavy atom. The summed E-state index contributed by atoms with van der Waals surface area (Å²) < 4.78 is 0. The molecule has 0 bridgehead atoms. The molecular weight excluding hydrogens is 150 g/mol. The highest BCUT2D eigenvalue weighted by molar-refractivity contribution is 5.51. The van der Waals surface area contributed by atoms with E-state index in [1.807, 2.05) is 31.3 Å². The van der Waals surface area contributed by atoms with Crippen LogP contribution in [0.3, 0.4) is 0 Å². The van der Waals surface area contributed by atoms with Gasteiger partial charge in [0.05, 0.1) is 0 Å². The molecule has 0 aromatic heterocycles. The normalized spacial score (nSPS) is 10.8. The molecule has 2 nitrogen and oxygen atoms in total. The molecule has 0 radical (unpaired) electrons. The van der Waals surface area contributed by atoms with Crippen molar-refractivity contribution in [3.63, 3.8) is 0 Å². The molecule has 0 saturated carbocycles. The predicted octanol–water partition coefficient (Wildman–Crippen LogP) is 1.62. The van der Waals surface area contributed by atoms with Crippen LogP contribution in [0, 0.1) is 0 Å². The Kier molecular flexibility index (Phi) is 3.35. The van der Waals surface area contributed by atoms with Crippen LogP contribution in [0.1, 0.15) is 5.56 Å². The van der Waals surface area contributed by atoms with Gasteiger partial charge in [-0.25, -0.2) is 0 Å². The van der Waals surface area contributed by atoms with Gasteiger partial charge in [-0.2, -0.15) is 0 Å². The fraction of sp³-hybridized carbons (Fsp3) is 0.200. The van der Waals surface area contributed by atoms with Crippen LogP contribution in [-0.4, -0.2) is 18.7 Å². The minimum Gasteiger partial charge on any atom is -0.508 e. The van der Waals surface area contributed by atoms with Gasteiger partial charge < -0.3 is 10.4 Å². The second kappa shape index (κ2) is 4.57. The minimum absolute atomic E-state index is 0.307. The van der Waals surface area contributed by atoms with Gasteiger partial charge in [0.1, 0.15) is 5.75 Å². The van der Waals surface area contributed by atoms with Crippen LogP contribution in [0.5, 0.6) is 5.75 Å². The molecule has 12 heavy (non-hydrogen) atoms. The zero-order valence-corrected chi connectivity index (χ0v) is 7.12. The molecule has 0 atom stereocenters. The summed E-state index contributed by atoms with van der Waals surface area (Å²) in [5.74, 6) is 0.307. The maximum absolute atomic E-state index is 9.12. The first-order valence-electron chi connectivity index (χ1n) is 3.93. The number of phenolic OH excluding ortho intramolecular Hbond substituents is 1. The Hall–Kier alpha value is -1.28. The van der Waals surface area contributed by atoms with Crippen LogP contribution in [0.15, 0.2) is 30.3 Å². The van der Waals surface area contributed by atoms with Crippen LogP contribution in [-0.2, 0) is 0 Å². The van der Waals surface area contributed by atoms with E-state index in [-0.39, 0.29) is 0 Å². The number of likely N-dealkylation sites (N-methyl/N-ethyl adjacent to an activating group) is 1. The molecule has 64 valence electrons. The van der Waals surface area contributed by atoms with Gasteiger partial charge in [0.15, 0.2) is 0 Å². The number of nitrogens with one attached hydrogen (secondary N) is 1. The average Bonchev–Trinajstić information content (AvgIpc) is 2.05. The molecule has 0 aliphatic carbocycles. The Labute approximate surface area is 72.5 Å². The highest BCUT2D eigenvalue weighted by Crippen LogP contribution is 2.11. The molecule has 1 aromatic rings. The van der Waals surface area contributed by atoms with Gasteiger partial charge in [0.25, 0.3) is 0 Å². The highest BCUT2D eigenvalue weighted by Gasteiger charge is 1.87. The van der Waals surface area contributed by atoms with Gasteiger partial charge >= 0.3 is 0 Å². The molecular formula is C10H13NO. The average molecular weight is 163 g/mol. The molecule has 0 aliphatic heterocycles. The summed E-state index contributed by atoms with van der Waals surface area (Å²) in [5, 5.41) is 12.1. The van der Waals surface area contributed by atoms with Crippen molar-refractivity contribution >= 4 is 6.08 Å². The standard InChI is InChI=1S/C10H13NO/c1-11-7-3-5-9-4-2-6-10(12)8-9/h2-6,8,11-12H,7H2,1H3. The van der Waals surface area contributed by atoms with Crippen molar-refractivity contribution in [2.24, 2.45) is 0 Å². The second-order valence-corrected chi connectivity index (χ2v) is 2.56. The van der Waals surface area contributed by atoms with Crippen molar-refractivity contribution in [2.45, 2.75) is 0 Å². The third-order valence-electron chi connectivity index (χ3n) is 1.50. The number of hydrogen-bond acceptors (Lipinski definition) is 2. The maximum Gasteiger partial charge on any atom is 0.116 e. The van der Waals surface area contributed by atoms with E-state index in [0.717, 1.165) is 12.1 Å². The molecule has 0 heterocycles. The molecule has 0 fully saturated rings. The molecule has 1 aromatic carbocycles. The fourth-order valence-electron chi connectivity index (χ4n) is 0.941. The summed E-state index contributed by atoms with van der Waals surface area (Å²) >= 11 is 0. The number of hydrogen-bond donors (Lipinski definition) is 2. The van der Waals surface area contributed by atoms with Crippen LogP contribution in [0.4, 0.5) is 0 Å². The van der Waals surface area contributed by atoms with E-state index in [1.165, 1.54) is 0 Å². The van der Waals surface area contributed by atoms with Crippen molar-refractivity contribution in [1.29, 1.82) is 0 Å². The fourth-order valence-corrected chi connectivity index (χ4v) is 0.941. The summed E-state index contributed by atoms with van der Waals surface area (Å²) in [6, 6.07) is 7.17. The van der Waals surface area contributed by atoms with Gasteiger partial charge in [0, 0.05) is 6.54 Å². The minimum atomic E-state index is 0.307. The van der Waals surface area contributed by atoms with Crippen LogP contribution < -0.4 is 5.32 Å². The van der Waals surface area contributed by atoms with Crippen molar-refractivity contribution in [3.05, 3.63) is 35.9 Å². The van der Waals surface area contributed by atoms with E-state index in [0.29, 0.717) is 5.75 Å². The zero-order valence-electron chi connectivity index (χ0n) is 7.12. The first-order chi connectivity index (χ1) is 5.83. The van der Waals surface area contributed by atoms with E-state index in [2.05, 4.69) is 5.32 Å². The zero-order chi connectivity index (χ0) is 8.81. The maximum atomic E-state index is 9.12. The van der Waals surface area contributed by atoms with Crippen LogP contribution in [0.2, 0.25) is 0 Å². The van der Waals surface area contributed by atoms with Crippen LogP contribution in [0.25, 0.3) is 6.08 Å². The van der Waals surface area contributed by atoms with Gasteiger partial charge in [-0.15, -0.1) is 0 Å². The molecule has 2 N–H and O–H groups in total. The Morgan fingerprint density at radius 3 is 3.00 bits per heavy atom. The lowest BCUT2D eigenvalue weighted by Gasteiger charge is -1.94. The van der Waals surface area contributed by atoms with E-state index < -0.39 is 0 Å². The van der Waals surface area contributed by atoms with Crippen molar-refractivity contribution < 1.29 is 5.11 Å². The van der Waals surface area contributed by atoms with Gasteiger partial charge in [-0.3, -0.25) is 0 Å². The quantitative estimate of drug-likeness (QED) is 0.709. The topological polar surface area (TPSA) is 32.3 Å². The number of benzene rings is 1. The van der Waals surface area contributed by atoms with Gasteiger partial charge in [-0.1, -0.05) is 24.3 Å². The van der Waals surface area contributed by atoms with E-state index in [9.17, 15) is 0 Å². The summed E-state index contributed by atoms with van der Waals surface area (Å²) in [6.45, 7) is 0.843.